The summed E-state index contributed by atoms with van der Waals surface area (Å²) in [6, 6.07) is 22.5. The van der Waals surface area contributed by atoms with Gasteiger partial charge in [-0.25, -0.2) is 8.42 Å². The van der Waals surface area contributed by atoms with E-state index in [0.29, 0.717) is 18.4 Å². The molecule has 192 valence electrons. The molecule has 7 heteroatoms. The number of aryl methyl sites for hydroxylation is 1. The third kappa shape index (κ3) is 4.72. The molecule has 0 aliphatic carbocycles. The van der Waals surface area contributed by atoms with Crippen LogP contribution in [0.3, 0.4) is 0 Å². The highest BCUT2D eigenvalue weighted by Gasteiger charge is 2.37. The highest BCUT2D eigenvalue weighted by molar-refractivity contribution is 7.89. The summed E-state index contributed by atoms with van der Waals surface area (Å²) < 4.78 is 29.6. The molecule has 4 aromatic rings. The standard InChI is InChI=1S/C30H32N2O3S2/c1-4-22(3)32(37(34,35)28-15-9-12-23-11-6-8-14-25(23)28)20-29(33)31-18-16-27-26(17-19-36-27)30(31)24-13-7-5-10-21(24)2/h5-15,17,19,22,30H,4,16,18,20H2,1-3H3/t22-,30-/m0/s1. The molecule has 0 bridgehead atoms. The first-order chi connectivity index (χ1) is 17.8. The van der Waals surface area contributed by atoms with Crippen molar-refractivity contribution < 1.29 is 13.2 Å². The van der Waals surface area contributed by atoms with Gasteiger partial charge < -0.3 is 4.90 Å². The molecular formula is C30H32N2O3S2. The van der Waals surface area contributed by atoms with E-state index in [4.69, 9.17) is 0 Å². The molecule has 0 saturated carbocycles. The third-order valence-electron chi connectivity index (χ3n) is 7.48. The Morgan fingerprint density at radius 1 is 1.03 bits per heavy atom. The van der Waals surface area contributed by atoms with Crippen molar-refractivity contribution >= 4 is 38.0 Å². The Labute approximate surface area is 223 Å². The Morgan fingerprint density at radius 2 is 1.76 bits per heavy atom. The van der Waals surface area contributed by atoms with Gasteiger partial charge in [0.1, 0.15) is 0 Å². The van der Waals surface area contributed by atoms with Gasteiger partial charge in [-0.2, -0.15) is 4.31 Å². The van der Waals surface area contributed by atoms with E-state index >= 15 is 0 Å². The van der Waals surface area contributed by atoms with Crippen LogP contribution in [0.4, 0.5) is 0 Å². The lowest BCUT2D eigenvalue weighted by Gasteiger charge is -2.38. The van der Waals surface area contributed by atoms with Crippen molar-refractivity contribution in [1.29, 1.82) is 0 Å². The molecule has 1 aliphatic heterocycles. The predicted octanol–water partition coefficient (Wildman–Crippen LogP) is 6.17. The predicted molar refractivity (Wildman–Crippen MR) is 150 cm³/mol. The third-order valence-corrected chi connectivity index (χ3v) is 10.5. The minimum absolute atomic E-state index is 0.172. The molecule has 0 unspecified atom stereocenters. The molecule has 37 heavy (non-hydrogen) atoms. The highest BCUT2D eigenvalue weighted by atomic mass is 32.2. The van der Waals surface area contributed by atoms with Gasteiger partial charge in [-0.05, 0) is 66.3 Å². The lowest BCUT2D eigenvalue weighted by molar-refractivity contribution is -0.133. The van der Waals surface area contributed by atoms with Crippen molar-refractivity contribution in [2.24, 2.45) is 0 Å². The van der Waals surface area contributed by atoms with Gasteiger partial charge in [-0.15, -0.1) is 11.3 Å². The normalized spacial score (nSPS) is 16.6. The minimum Gasteiger partial charge on any atom is -0.330 e. The largest absolute Gasteiger partial charge is 0.330 e. The second-order valence-electron chi connectivity index (χ2n) is 9.68. The van der Waals surface area contributed by atoms with Crippen LogP contribution < -0.4 is 0 Å². The quantitative estimate of drug-likeness (QED) is 0.286. The van der Waals surface area contributed by atoms with E-state index in [-0.39, 0.29) is 29.4 Å². The number of rotatable bonds is 7. The first kappa shape index (κ1) is 25.6. The van der Waals surface area contributed by atoms with Gasteiger partial charge in [-0.3, -0.25) is 4.79 Å². The van der Waals surface area contributed by atoms with E-state index in [1.165, 1.54) is 9.18 Å². The summed E-state index contributed by atoms with van der Waals surface area (Å²) in [5.74, 6) is -0.172. The number of fused-ring (bicyclic) bond motifs is 2. The minimum atomic E-state index is -3.92. The zero-order valence-corrected chi connectivity index (χ0v) is 23.1. The van der Waals surface area contributed by atoms with E-state index in [2.05, 4.69) is 30.5 Å². The zero-order valence-electron chi connectivity index (χ0n) is 21.4. The van der Waals surface area contributed by atoms with Gasteiger partial charge in [-0.1, -0.05) is 67.6 Å². The van der Waals surface area contributed by atoms with E-state index < -0.39 is 10.0 Å². The summed E-state index contributed by atoms with van der Waals surface area (Å²) in [5, 5.41) is 3.62. The second kappa shape index (κ2) is 10.4. The number of hydrogen-bond acceptors (Lipinski definition) is 4. The number of carbonyl (C=O) groups is 1. The SMILES string of the molecule is CC[C@H](C)N(CC(=O)N1CCc2sccc2[C@@H]1c1ccccc1C)S(=O)(=O)c1cccc2ccccc12. The fourth-order valence-corrected chi connectivity index (χ4v) is 8.04. The molecule has 5 rings (SSSR count). The number of thiophene rings is 1. The van der Waals surface area contributed by atoms with E-state index in [1.807, 2.05) is 61.2 Å². The first-order valence-corrected chi connectivity index (χ1v) is 15.1. The van der Waals surface area contributed by atoms with Crippen LogP contribution >= 0.6 is 11.3 Å². The topological polar surface area (TPSA) is 57.7 Å². The number of benzene rings is 3. The number of amides is 1. The summed E-state index contributed by atoms with van der Waals surface area (Å²) in [7, 11) is -3.92. The van der Waals surface area contributed by atoms with Gasteiger partial charge >= 0.3 is 0 Å². The maximum atomic E-state index is 14.1. The van der Waals surface area contributed by atoms with Crippen molar-refractivity contribution in [3.05, 3.63) is 99.7 Å². The van der Waals surface area contributed by atoms with Crippen LogP contribution in [0.1, 0.15) is 47.9 Å². The van der Waals surface area contributed by atoms with Crippen molar-refractivity contribution in [2.75, 3.05) is 13.1 Å². The fourth-order valence-electron chi connectivity index (χ4n) is 5.27. The summed E-state index contributed by atoms with van der Waals surface area (Å²) in [6.07, 6.45) is 1.38. The Balaban J connectivity index is 1.53. The summed E-state index contributed by atoms with van der Waals surface area (Å²) in [5.41, 5.74) is 3.35. The van der Waals surface area contributed by atoms with Gasteiger partial charge in [0.2, 0.25) is 15.9 Å². The van der Waals surface area contributed by atoms with Crippen LogP contribution in [0.5, 0.6) is 0 Å². The number of hydrogen-bond donors (Lipinski definition) is 0. The molecule has 0 N–H and O–H groups in total. The zero-order chi connectivity index (χ0) is 26.2. The van der Waals surface area contributed by atoms with Crippen LogP contribution in [0.15, 0.2) is 83.1 Å². The smallest absolute Gasteiger partial charge is 0.244 e. The average molecular weight is 533 g/mol. The van der Waals surface area contributed by atoms with Crippen molar-refractivity contribution in [2.45, 2.75) is 50.6 Å². The molecule has 1 aliphatic rings. The molecule has 0 spiro atoms. The van der Waals surface area contributed by atoms with Crippen LogP contribution in [-0.4, -0.2) is 42.7 Å². The van der Waals surface area contributed by atoms with E-state index in [9.17, 15) is 13.2 Å². The Hall–Kier alpha value is -3.00. The van der Waals surface area contributed by atoms with Crippen molar-refractivity contribution in [3.63, 3.8) is 0 Å². The molecule has 2 atom stereocenters. The van der Waals surface area contributed by atoms with Crippen molar-refractivity contribution in [3.8, 4) is 0 Å². The lowest BCUT2D eigenvalue weighted by atomic mass is 9.90. The number of nitrogens with zero attached hydrogens (tertiary/aromatic N) is 2. The highest BCUT2D eigenvalue weighted by Crippen LogP contribution is 2.39. The van der Waals surface area contributed by atoms with Gasteiger partial charge in [0.15, 0.2) is 0 Å². The Kier molecular flexibility index (Phi) is 7.21. The maximum Gasteiger partial charge on any atom is 0.244 e. The summed E-state index contributed by atoms with van der Waals surface area (Å²) >= 11 is 1.72. The Morgan fingerprint density at radius 3 is 2.54 bits per heavy atom. The van der Waals surface area contributed by atoms with Crippen LogP contribution in [0, 0.1) is 6.92 Å². The molecular weight excluding hydrogens is 500 g/mol. The second-order valence-corrected chi connectivity index (χ2v) is 12.5. The molecule has 0 radical (unpaired) electrons. The molecule has 1 amide bonds. The van der Waals surface area contributed by atoms with Crippen LogP contribution in [-0.2, 0) is 21.2 Å². The maximum absolute atomic E-state index is 14.1. The first-order valence-electron chi connectivity index (χ1n) is 12.7. The molecule has 5 nitrogen and oxygen atoms in total. The van der Waals surface area contributed by atoms with Crippen molar-refractivity contribution in [1.82, 2.24) is 9.21 Å². The number of sulfonamides is 1. The average Bonchev–Trinajstić information content (AvgIpc) is 3.39. The molecule has 3 aromatic carbocycles. The molecule has 2 heterocycles. The fraction of sp³-hybridized carbons (Fsp3) is 0.300. The molecule has 0 fully saturated rings. The van der Waals surface area contributed by atoms with E-state index in [1.54, 1.807) is 23.5 Å². The summed E-state index contributed by atoms with van der Waals surface area (Å²) in [6.45, 7) is 6.27. The molecule has 0 saturated heterocycles. The Bertz CT molecular complexity index is 1540. The monoisotopic (exact) mass is 532 g/mol. The number of carbonyl (C=O) groups excluding carboxylic acids is 1. The van der Waals surface area contributed by atoms with Gasteiger partial charge in [0.05, 0.1) is 17.5 Å². The lowest BCUT2D eigenvalue weighted by Crippen LogP contribution is -2.49. The van der Waals surface area contributed by atoms with Crippen LogP contribution in [0.25, 0.3) is 10.8 Å². The summed E-state index contributed by atoms with van der Waals surface area (Å²) in [4.78, 5) is 17.4. The van der Waals surface area contributed by atoms with E-state index in [0.717, 1.165) is 28.5 Å². The van der Waals surface area contributed by atoms with Crippen LogP contribution in [0.2, 0.25) is 0 Å². The van der Waals surface area contributed by atoms with Gasteiger partial charge in [0.25, 0.3) is 0 Å². The van der Waals surface area contributed by atoms with Gasteiger partial charge in [0, 0.05) is 22.8 Å². The molecule has 1 aromatic heterocycles.